The summed E-state index contributed by atoms with van der Waals surface area (Å²) in [6.45, 7) is -5.16. The first-order chi connectivity index (χ1) is 19.6. The Hall–Kier alpha value is -3.23. The van der Waals surface area contributed by atoms with Crippen LogP contribution in [-0.4, -0.2) is 93.1 Å². The van der Waals surface area contributed by atoms with Gasteiger partial charge in [-0.05, 0) is 0 Å². The van der Waals surface area contributed by atoms with Gasteiger partial charge in [0.25, 0.3) is 5.56 Å². The highest BCUT2D eigenvalue weighted by molar-refractivity contribution is 8.44. The molecule has 0 aromatic carbocycles. The van der Waals surface area contributed by atoms with Crippen LogP contribution in [0.1, 0.15) is 18.9 Å². The number of anilines is 2. The van der Waals surface area contributed by atoms with Gasteiger partial charge in [0.1, 0.15) is 30.2 Å². The summed E-state index contributed by atoms with van der Waals surface area (Å²) in [7, 11) is 0. The van der Waals surface area contributed by atoms with Crippen molar-refractivity contribution in [3.63, 3.8) is 0 Å². The smallest absolute Gasteiger partial charge is 0.386 e. The van der Waals surface area contributed by atoms with Crippen molar-refractivity contribution in [2.24, 2.45) is 0 Å². The van der Waals surface area contributed by atoms with E-state index >= 15 is 4.39 Å². The van der Waals surface area contributed by atoms with E-state index < -0.39 is 68.6 Å². The second kappa shape index (κ2) is 10.6. The Morgan fingerprint density at radius 1 is 1.15 bits per heavy atom. The summed E-state index contributed by atoms with van der Waals surface area (Å²) in [5, 5.41) is 20.2. The van der Waals surface area contributed by atoms with Crippen LogP contribution in [0.25, 0.3) is 22.3 Å². The van der Waals surface area contributed by atoms with E-state index in [1.54, 1.807) is 0 Å². The quantitative estimate of drug-likeness (QED) is 0.107. The maximum absolute atomic E-state index is 15.1. The highest BCUT2D eigenvalue weighted by atomic mass is 32.7. The standard InChI is InChI=1S/C20H24FN10O8PS/c21-10-13(33)9(38-19(10)30-5-26-11-14(22)24-4-25-15(11)30)3-36-40(35,41)39-8-1-7(2-32)37-18(8)31-6-27-12-16(31)28-20(23)29-17(12)34/h4-10,13,18-19,32-33H,1-3H2,(H,35,41)(H2,22,24,25)(H3,23,28,29,34)/t7-,8-,9+,10-,13+,18+,19+,40+/m0/s1. The van der Waals surface area contributed by atoms with Crippen molar-refractivity contribution < 1.29 is 37.7 Å². The number of rotatable bonds is 8. The number of aliphatic hydroxyl groups is 2. The van der Waals surface area contributed by atoms with Gasteiger partial charge in [-0.3, -0.25) is 28.0 Å². The molecular weight excluding hydrogens is 590 g/mol. The number of aromatic amines is 1. The molecule has 6 rings (SSSR count). The van der Waals surface area contributed by atoms with Gasteiger partial charge in [0, 0.05) is 6.42 Å². The molecule has 0 spiro atoms. The lowest BCUT2D eigenvalue weighted by atomic mass is 10.1. The number of hydrogen-bond acceptors (Lipinski definition) is 15. The van der Waals surface area contributed by atoms with E-state index in [0.717, 1.165) is 0 Å². The van der Waals surface area contributed by atoms with Crippen LogP contribution in [0.15, 0.2) is 23.8 Å². The SMILES string of the molecule is Nc1nc2c(ncn2[C@@H]2O[C@H](CO)C[C@@H]2O[P@](=O)(S)OC[C@H]2O[C@@H](n3cnc4c(N)ncnc43)[C@@H](F)[C@@H]2O)c(=O)[nH]1. The number of halogens is 1. The molecule has 21 heteroatoms. The van der Waals surface area contributed by atoms with Gasteiger partial charge in [0.2, 0.25) is 5.95 Å². The molecule has 41 heavy (non-hydrogen) atoms. The number of fused-ring (bicyclic) bond motifs is 2. The Bertz CT molecular complexity index is 1700. The number of alkyl halides is 1. The third-order valence-corrected chi connectivity index (χ3v) is 8.34. The molecule has 0 bridgehead atoms. The fourth-order valence-electron chi connectivity index (χ4n) is 4.79. The molecule has 8 atom stereocenters. The molecule has 4 aromatic heterocycles. The second-order valence-corrected chi connectivity index (χ2v) is 12.2. The van der Waals surface area contributed by atoms with Gasteiger partial charge in [0.05, 0.1) is 32.0 Å². The number of thiol groups is 1. The molecule has 18 nitrogen and oxygen atoms in total. The number of nitrogens with two attached hydrogens (primary N) is 2. The van der Waals surface area contributed by atoms with Crippen molar-refractivity contribution in [1.82, 2.24) is 39.0 Å². The third-order valence-electron chi connectivity index (χ3n) is 6.70. The number of imidazole rings is 2. The van der Waals surface area contributed by atoms with Gasteiger partial charge in [-0.15, -0.1) is 0 Å². The molecule has 0 radical (unpaired) electrons. The van der Waals surface area contributed by atoms with Gasteiger partial charge < -0.3 is 31.2 Å². The number of hydrogen-bond donors (Lipinski definition) is 6. The summed E-state index contributed by atoms with van der Waals surface area (Å²) in [4.78, 5) is 34.6. The van der Waals surface area contributed by atoms with Crippen molar-refractivity contribution in [3.8, 4) is 0 Å². The number of nitrogens with zero attached hydrogens (tertiary/aromatic N) is 7. The zero-order valence-corrected chi connectivity index (χ0v) is 22.6. The molecule has 2 aliphatic heterocycles. The minimum Gasteiger partial charge on any atom is -0.394 e. The molecule has 6 heterocycles. The van der Waals surface area contributed by atoms with E-state index in [4.69, 9.17) is 30.0 Å². The number of H-pyrrole nitrogens is 1. The zero-order valence-electron chi connectivity index (χ0n) is 20.8. The van der Waals surface area contributed by atoms with Gasteiger partial charge in [-0.2, -0.15) is 4.98 Å². The lowest BCUT2D eigenvalue weighted by Gasteiger charge is -2.24. The molecule has 2 saturated heterocycles. The molecule has 0 unspecified atom stereocenters. The van der Waals surface area contributed by atoms with Crippen LogP contribution in [0.3, 0.4) is 0 Å². The van der Waals surface area contributed by atoms with Crippen molar-refractivity contribution in [3.05, 3.63) is 29.3 Å². The largest absolute Gasteiger partial charge is 0.394 e. The summed E-state index contributed by atoms with van der Waals surface area (Å²) >= 11 is 4.03. The first-order valence-corrected chi connectivity index (χ1v) is 14.8. The highest BCUT2D eigenvalue weighted by Gasteiger charge is 2.47. The summed E-state index contributed by atoms with van der Waals surface area (Å²) in [5.74, 6) is -0.0797. The van der Waals surface area contributed by atoms with E-state index in [9.17, 15) is 19.6 Å². The van der Waals surface area contributed by atoms with E-state index in [2.05, 4.69) is 42.2 Å². The van der Waals surface area contributed by atoms with Crippen molar-refractivity contribution >= 4 is 53.1 Å². The molecule has 0 amide bonds. The summed E-state index contributed by atoms with van der Waals surface area (Å²) in [6, 6.07) is 0. The Labute approximate surface area is 233 Å². The number of nitrogen functional groups attached to an aromatic ring is 2. The Morgan fingerprint density at radius 2 is 1.88 bits per heavy atom. The number of nitrogens with one attached hydrogen (secondary N) is 1. The zero-order chi connectivity index (χ0) is 29.1. The minimum atomic E-state index is -4.21. The monoisotopic (exact) mass is 614 g/mol. The number of ether oxygens (including phenoxy) is 2. The lowest BCUT2D eigenvalue weighted by molar-refractivity contribution is -0.0529. The minimum absolute atomic E-state index is 0.0261. The van der Waals surface area contributed by atoms with E-state index in [0.29, 0.717) is 0 Å². The lowest BCUT2D eigenvalue weighted by Crippen LogP contribution is -2.31. The van der Waals surface area contributed by atoms with Gasteiger partial charge in [0.15, 0.2) is 41.3 Å². The first-order valence-electron chi connectivity index (χ1n) is 12.1. The molecule has 220 valence electrons. The van der Waals surface area contributed by atoms with Crippen LogP contribution in [-0.2, 0) is 23.1 Å². The second-order valence-electron chi connectivity index (χ2n) is 9.33. The molecule has 2 fully saturated rings. The third kappa shape index (κ3) is 5.06. The molecule has 4 aromatic rings. The van der Waals surface area contributed by atoms with E-state index in [-0.39, 0.29) is 40.5 Å². The first kappa shape index (κ1) is 27.9. The average molecular weight is 615 g/mol. The highest BCUT2D eigenvalue weighted by Crippen LogP contribution is 2.57. The van der Waals surface area contributed by atoms with Gasteiger partial charge in [-0.1, -0.05) is 12.2 Å². The maximum atomic E-state index is 15.1. The maximum Gasteiger partial charge on any atom is 0.386 e. The Morgan fingerprint density at radius 3 is 2.63 bits per heavy atom. The van der Waals surface area contributed by atoms with Crippen LogP contribution < -0.4 is 17.0 Å². The van der Waals surface area contributed by atoms with Crippen molar-refractivity contribution in [2.75, 3.05) is 24.7 Å². The fourth-order valence-corrected chi connectivity index (χ4v) is 6.29. The van der Waals surface area contributed by atoms with Gasteiger partial charge in [-0.25, -0.2) is 28.9 Å². The topological polar surface area (TPSA) is 254 Å². The van der Waals surface area contributed by atoms with Gasteiger partial charge >= 0.3 is 6.80 Å². The number of aliphatic hydroxyl groups excluding tert-OH is 2. The summed E-state index contributed by atoms with van der Waals surface area (Å²) in [5.41, 5.74) is 11.3. The van der Waals surface area contributed by atoms with Crippen LogP contribution >= 0.6 is 19.0 Å². The van der Waals surface area contributed by atoms with Crippen LogP contribution in [0.2, 0.25) is 0 Å². The predicted octanol–water partition coefficient (Wildman–Crippen LogP) is -0.560. The van der Waals surface area contributed by atoms with Crippen LogP contribution in [0.4, 0.5) is 16.2 Å². The Balaban J connectivity index is 1.16. The molecule has 0 aliphatic carbocycles. The number of aromatic nitrogens is 8. The Kier molecular flexibility index (Phi) is 7.19. The van der Waals surface area contributed by atoms with Crippen molar-refractivity contribution in [1.29, 1.82) is 0 Å². The van der Waals surface area contributed by atoms with E-state index in [1.165, 1.54) is 28.1 Å². The van der Waals surface area contributed by atoms with Crippen LogP contribution in [0.5, 0.6) is 0 Å². The normalized spacial score (nSPS) is 29.9. The fraction of sp³-hybridized carbons (Fsp3) is 0.500. The molecule has 0 saturated carbocycles. The van der Waals surface area contributed by atoms with Crippen molar-refractivity contribution in [2.45, 2.75) is 49.5 Å². The predicted molar refractivity (Wildman–Crippen MR) is 140 cm³/mol. The average Bonchev–Trinajstić information content (AvgIpc) is 3.69. The molecule has 2 aliphatic rings. The molecular formula is C20H24FN10O8PS. The summed E-state index contributed by atoms with van der Waals surface area (Å²) in [6.07, 6.45) is -5.24. The summed E-state index contributed by atoms with van der Waals surface area (Å²) < 4.78 is 53.4. The van der Waals surface area contributed by atoms with E-state index in [1.807, 2.05) is 0 Å². The molecule has 7 N–H and O–H groups in total. The van der Waals surface area contributed by atoms with Crippen LogP contribution in [0, 0.1) is 0 Å².